The van der Waals surface area contributed by atoms with Crippen LogP contribution >= 0.6 is 0 Å². The number of amides is 1. The van der Waals surface area contributed by atoms with Crippen LogP contribution in [0.1, 0.15) is 17.3 Å². The Kier molecular flexibility index (Phi) is 6.96. The van der Waals surface area contributed by atoms with Crippen LogP contribution in [0, 0.1) is 5.82 Å². The molecule has 2 aromatic rings. The van der Waals surface area contributed by atoms with Crippen molar-refractivity contribution in [2.75, 3.05) is 18.5 Å². The smallest absolute Gasteiger partial charge is 0.321 e. The maximum atomic E-state index is 13.1. The number of para-hydroxylation sites is 1. The molecule has 2 N–H and O–H groups in total. The monoisotopic (exact) mass is 408 g/mol. The third-order valence-electron chi connectivity index (χ3n) is 3.46. The summed E-state index contributed by atoms with van der Waals surface area (Å²) in [4.78, 5) is 34.7. The van der Waals surface area contributed by atoms with Gasteiger partial charge in [-0.15, -0.1) is 0 Å². The van der Waals surface area contributed by atoms with Gasteiger partial charge in [-0.25, -0.2) is 12.8 Å². The highest BCUT2D eigenvalue weighted by molar-refractivity contribution is 7.89. The summed E-state index contributed by atoms with van der Waals surface area (Å²) >= 11 is 0. The fourth-order valence-corrected chi connectivity index (χ4v) is 3.15. The van der Waals surface area contributed by atoms with Crippen molar-refractivity contribution in [3.63, 3.8) is 0 Å². The number of Topliss-reactive ketones (excluding diaryl/α,β-unsaturated/α-hetero) is 1. The van der Waals surface area contributed by atoms with E-state index in [9.17, 15) is 27.2 Å². The van der Waals surface area contributed by atoms with E-state index in [0.717, 1.165) is 18.2 Å². The molecule has 0 unspecified atom stereocenters. The van der Waals surface area contributed by atoms with Crippen molar-refractivity contribution in [1.29, 1.82) is 0 Å². The van der Waals surface area contributed by atoms with Gasteiger partial charge in [0.05, 0.1) is 10.6 Å². The van der Waals surface area contributed by atoms with Gasteiger partial charge in [-0.05, 0) is 37.3 Å². The van der Waals surface area contributed by atoms with Crippen LogP contribution in [0.4, 0.5) is 10.1 Å². The molecule has 10 heteroatoms. The first kappa shape index (κ1) is 21.2. The minimum Gasteiger partial charge on any atom is -0.455 e. The molecule has 0 aromatic heterocycles. The van der Waals surface area contributed by atoms with Gasteiger partial charge >= 0.3 is 5.97 Å². The van der Waals surface area contributed by atoms with E-state index in [0.29, 0.717) is 5.56 Å². The Labute approximate surface area is 160 Å². The van der Waals surface area contributed by atoms with Crippen molar-refractivity contribution >= 4 is 33.4 Å². The molecule has 28 heavy (non-hydrogen) atoms. The molecule has 0 saturated carbocycles. The lowest BCUT2D eigenvalue weighted by Gasteiger charge is -2.10. The summed E-state index contributed by atoms with van der Waals surface area (Å²) in [5, 5.41) is 2.43. The molecule has 0 heterocycles. The quantitative estimate of drug-likeness (QED) is 0.505. The number of carbonyl (C=O) groups is 3. The van der Waals surface area contributed by atoms with Gasteiger partial charge < -0.3 is 10.1 Å². The van der Waals surface area contributed by atoms with E-state index >= 15 is 0 Å². The van der Waals surface area contributed by atoms with Crippen LogP contribution < -0.4 is 10.0 Å². The molecule has 2 rings (SSSR count). The highest BCUT2D eigenvalue weighted by Gasteiger charge is 2.17. The summed E-state index contributed by atoms with van der Waals surface area (Å²) in [6, 6.07) is 10.6. The Morgan fingerprint density at radius 3 is 2.46 bits per heavy atom. The predicted molar refractivity (Wildman–Crippen MR) is 97.6 cm³/mol. The summed E-state index contributed by atoms with van der Waals surface area (Å²) < 4.78 is 43.7. The number of halogens is 1. The zero-order chi connectivity index (χ0) is 20.7. The number of anilines is 1. The van der Waals surface area contributed by atoms with Gasteiger partial charge in [0.25, 0.3) is 5.91 Å². The number of ether oxygens (including phenoxy) is 1. The van der Waals surface area contributed by atoms with Crippen molar-refractivity contribution in [2.24, 2.45) is 0 Å². The number of benzene rings is 2. The number of sulfonamides is 1. The fourth-order valence-electron chi connectivity index (χ4n) is 2.15. The van der Waals surface area contributed by atoms with E-state index in [2.05, 4.69) is 5.32 Å². The van der Waals surface area contributed by atoms with Crippen molar-refractivity contribution < 1.29 is 31.9 Å². The molecule has 0 spiro atoms. The Morgan fingerprint density at radius 1 is 1.07 bits per heavy atom. The molecular weight excluding hydrogens is 391 g/mol. The van der Waals surface area contributed by atoms with Gasteiger partial charge in [0.15, 0.2) is 12.4 Å². The van der Waals surface area contributed by atoms with E-state index in [-0.39, 0.29) is 16.4 Å². The first-order chi connectivity index (χ1) is 13.2. The Bertz CT molecular complexity index is 1010. The highest BCUT2D eigenvalue weighted by Crippen LogP contribution is 2.15. The number of ketones is 1. The fraction of sp³-hybridized carbons (Fsp3) is 0.167. The first-order valence-corrected chi connectivity index (χ1v) is 9.48. The predicted octanol–water partition coefficient (Wildman–Crippen LogP) is 1.49. The second-order valence-electron chi connectivity index (χ2n) is 5.59. The van der Waals surface area contributed by atoms with E-state index < -0.39 is 40.9 Å². The molecular formula is C18H17FN2O6S. The minimum atomic E-state index is -4.11. The van der Waals surface area contributed by atoms with Crippen LogP contribution in [-0.2, 0) is 24.3 Å². The molecule has 0 atom stereocenters. The lowest BCUT2D eigenvalue weighted by atomic mass is 10.1. The second-order valence-corrected chi connectivity index (χ2v) is 7.36. The zero-order valence-corrected chi connectivity index (χ0v) is 15.6. The lowest BCUT2D eigenvalue weighted by Crippen LogP contribution is -2.32. The van der Waals surface area contributed by atoms with Gasteiger partial charge in [-0.3, -0.25) is 14.4 Å². The number of hydrogen-bond acceptors (Lipinski definition) is 6. The topological polar surface area (TPSA) is 119 Å². The summed E-state index contributed by atoms with van der Waals surface area (Å²) in [6.07, 6.45) is 0. The van der Waals surface area contributed by atoms with Gasteiger partial charge in [0.1, 0.15) is 12.4 Å². The highest BCUT2D eigenvalue weighted by atomic mass is 32.2. The first-order valence-electron chi connectivity index (χ1n) is 8.00. The number of rotatable bonds is 8. The largest absolute Gasteiger partial charge is 0.455 e. The normalized spacial score (nSPS) is 10.9. The van der Waals surface area contributed by atoms with Crippen molar-refractivity contribution in [3.05, 3.63) is 59.9 Å². The van der Waals surface area contributed by atoms with Gasteiger partial charge in [0.2, 0.25) is 10.0 Å². The average Bonchev–Trinajstić information content (AvgIpc) is 2.65. The second kappa shape index (κ2) is 9.20. The average molecular weight is 408 g/mol. The van der Waals surface area contributed by atoms with E-state index in [4.69, 9.17) is 4.74 Å². The lowest BCUT2D eigenvalue weighted by molar-refractivity contribution is -0.146. The Morgan fingerprint density at radius 2 is 1.79 bits per heavy atom. The summed E-state index contributed by atoms with van der Waals surface area (Å²) in [7, 11) is -4.11. The van der Waals surface area contributed by atoms with Crippen LogP contribution in [0.15, 0.2) is 53.4 Å². The van der Waals surface area contributed by atoms with Crippen molar-refractivity contribution in [3.8, 4) is 0 Å². The number of carbonyl (C=O) groups excluding carboxylic acids is 3. The maximum absolute atomic E-state index is 13.1. The van der Waals surface area contributed by atoms with Gasteiger partial charge in [-0.2, -0.15) is 4.72 Å². The molecule has 0 aliphatic carbocycles. The maximum Gasteiger partial charge on any atom is 0.321 e. The molecule has 0 radical (unpaired) electrons. The number of nitrogens with one attached hydrogen (secondary N) is 2. The van der Waals surface area contributed by atoms with Gasteiger partial charge in [0, 0.05) is 5.56 Å². The van der Waals surface area contributed by atoms with Crippen molar-refractivity contribution in [2.45, 2.75) is 11.8 Å². The molecule has 0 aliphatic rings. The van der Waals surface area contributed by atoms with Crippen LogP contribution in [0.2, 0.25) is 0 Å². The third-order valence-corrected chi connectivity index (χ3v) is 4.86. The Hall–Kier alpha value is -3.11. The standard InChI is InChI=1S/C18H17FN2O6S/c1-12(22)15-7-2-3-8-16(15)21-17(23)11-27-18(24)10-20-28(25,26)14-6-4-5-13(19)9-14/h2-9,20H,10-11H2,1H3,(H,21,23). The minimum absolute atomic E-state index is 0.250. The summed E-state index contributed by atoms with van der Waals surface area (Å²) in [6.45, 7) is -0.0708. The molecule has 0 saturated heterocycles. The molecule has 0 aliphatic heterocycles. The van der Waals surface area contributed by atoms with Crippen molar-refractivity contribution in [1.82, 2.24) is 4.72 Å². The molecule has 8 nitrogen and oxygen atoms in total. The molecule has 0 bridgehead atoms. The molecule has 1 amide bonds. The third kappa shape index (κ3) is 5.96. The van der Waals surface area contributed by atoms with E-state index in [1.54, 1.807) is 12.1 Å². The van der Waals surface area contributed by atoms with E-state index in [1.165, 1.54) is 25.1 Å². The SMILES string of the molecule is CC(=O)c1ccccc1NC(=O)COC(=O)CNS(=O)(=O)c1cccc(F)c1. The van der Waals surface area contributed by atoms with Crippen LogP contribution in [0.5, 0.6) is 0 Å². The molecule has 2 aromatic carbocycles. The number of hydrogen-bond donors (Lipinski definition) is 2. The summed E-state index contributed by atoms with van der Waals surface area (Å²) in [5.41, 5.74) is 0.563. The van der Waals surface area contributed by atoms with Crippen LogP contribution in [0.25, 0.3) is 0 Å². The van der Waals surface area contributed by atoms with Crippen LogP contribution in [0.3, 0.4) is 0 Å². The molecule has 0 fully saturated rings. The molecule has 148 valence electrons. The number of esters is 1. The van der Waals surface area contributed by atoms with Gasteiger partial charge in [-0.1, -0.05) is 18.2 Å². The van der Waals surface area contributed by atoms with E-state index in [1.807, 2.05) is 4.72 Å². The summed E-state index contributed by atoms with van der Waals surface area (Å²) in [5.74, 6) is -2.70. The van der Waals surface area contributed by atoms with Crippen LogP contribution in [-0.4, -0.2) is 39.2 Å². The Balaban J connectivity index is 1.86. The zero-order valence-electron chi connectivity index (χ0n) is 14.8.